The molecule has 2 aromatic carbocycles. The van der Waals surface area contributed by atoms with Crippen LogP contribution in [0.1, 0.15) is 5.56 Å². The van der Waals surface area contributed by atoms with Gasteiger partial charge in [-0.15, -0.1) is 11.3 Å². The summed E-state index contributed by atoms with van der Waals surface area (Å²) in [6.07, 6.45) is 0. The van der Waals surface area contributed by atoms with Crippen molar-refractivity contribution in [1.82, 2.24) is 4.57 Å². The van der Waals surface area contributed by atoms with Gasteiger partial charge in [-0.05, 0) is 31.2 Å². The van der Waals surface area contributed by atoms with Gasteiger partial charge in [-0.25, -0.2) is 0 Å². The van der Waals surface area contributed by atoms with E-state index < -0.39 is 5.88 Å². The maximum absolute atomic E-state index is 13.3. The molecular weight excluding hydrogens is 424 g/mol. The number of benzene rings is 2. The topological polar surface area (TPSA) is 95.3 Å². The fourth-order valence-electron chi connectivity index (χ4n) is 2.95. The van der Waals surface area contributed by atoms with Gasteiger partial charge in [-0.3, -0.25) is 19.7 Å². The number of carbonyl (C=O) groups excluding carboxylic acids is 1. The van der Waals surface area contributed by atoms with Crippen molar-refractivity contribution in [3.8, 4) is 5.69 Å². The van der Waals surface area contributed by atoms with Crippen molar-refractivity contribution in [2.75, 3.05) is 4.90 Å². The average molecular weight is 441 g/mol. The standard InChI is InChI=1S/C20H16N4O2S3/c1-11-7-9-13(10-8-11)24-18(26)15(29-20(24)27)19-23(12-5-3-2-4-6-12)16(21)14(28-19)17(22)25/h2-10,21,25H,22H2,1H3/b17-14-,19-15?,21-16?. The van der Waals surface area contributed by atoms with E-state index in [-0.39, 0.29) is 15.9 Å². The number of aliphatic hydroxyl groups is 1. The first-order valence-corrected chi connectivity index (χ1v) is 10.6. The Morgan fingerprint density at radius 2 is 1.76 bits per heavy atom. The molecule has 1 aromatic heterocycles. The molecule has 1 aliphatic heterocycles. The van der Waals surface area contributed by atoms with Crippen LogP contribution in [-0.4, -0.2) is 19.9 Å². The Kier molecular flexibility index (Phi) is 5.03. The molecule has 0 radical (unpaired) electrons. The zero-order valence-corrected chi connectivity index (χ0v) is 17.7. The number of amides is 1. The molecule has 1 fully saturated rings. The Balaban J connectivity index is 1.99. The highest BCUT2D eigenvalue weighted by Gasteiger charge is 2.35. The van der Waals surface area contributed by atoms with E-state index in [2.05, 4.69) is 0 Å². The highest BCUT2D eigenvalue weighted by molar-refractivity contribution is 8.31. The number of carbonyl (C=O) groups is 1. The molecule has 0 spiro atoms. The van der Waals surface area contributed by atoms with E-state index in [4.69, 9.17) is 23.4 Å². The van der Waals surface area contributed by atoms with Crippen molar-refractivity contribution < 1.29 is 9.90 Å². The molecule has 2 heterocycles. The second-order valence-electron chi connectivity index (χ2n) is 6.31. The molecule has 0 unspecified atom stereocenters. The summed E-state index contributed by atoms with van der Waals surface area (Å²) in [5, 5.41) is 18.3. The van der Waals surface area contributed by atoms with Crippen LogP contribution in [0.4, 0.5) is 5.69 Å². The van der Waals surface area contributed by atoms with Crippen LogP contribution >= 0.6 is 35.3 Å². The van der Waals surface area contributed by atoms with Crippen LogP contribution in [-0.2, 0) is 4.79 Å². The highest BCUT2D eigenvalue weighted by atomic mass is 32.2. The zero-order valence-electron chi connectivity index (χ0n) is 15.2. The number of thiazole rings is 1. The number of nitrogens with two attached hydrogens (primary N) is 1. The lowest BCUT2D eigenvalue weighted by Crippen LogP contribution is -2.34. The molecule has 0 aliphatic carbocycles. The van der Waals surface area contributed by atoms with Crippen LogP contribution < -0.4 is 25.3 Å². The molecule has 1 saturated heterocycles. The third-order valence-corrected chi connectivity index (χ3v) is 7.02. The molecule has 0 bridgehead atoms. The largest absolute Gasteiger partial charge is 0.494 e. The van der Waals surface area contributed by atoms with Gasteiger partial charge in [-0.1, -0.05) is 59.9 Å². The molecule has 3 aromatic rings. The van der Waals surface area contributed by atoms with E-state index in [1.165, 1.54) is 16.7 Å². The summed E-state index contributed by atoms with van der Waals surface area (Å²) in [5.41, 5.74) is 8.06. The summed E-state index contributed by atoms with van der Waals surface area (Å²) in [5.74, 6) is -0.720. The number of thiocarbonyl (C=S) groups is 1. The minimum Gasteiger partial charge on any atom is -0.494 e. The normalized spacial score (nSPS) is 17.1. The predicted octanol–water partition coefficient (Wildman–Crippen LogP) is 2.08. The first-order chi connectivity index (χ1) is 13.9. The number of aromatic nitrogens is 1. The number of nitrogens with zero attached hydrogens (tertiary/aromatic N) is 2. The Labute approximate surface area is 179 Å². The Hall–Kier alpha value is -2.88. The van der Waals surface area contributed by atoms with Crippen molar-refractivity contribution in [3.05, 3.63) is 74.8 Å². The van der Waals surface area contributed by atoms with Crippen LogP contribution in [0.5, 0.6) is 0 Å². The first kappa shape index (κ1) is 19.4. The quantitative estimate of drug-likeness (QED) is 0.531. The van der Waals surface area contributed by atoms with E-state index >= 15 is 0 Å². The molecule has 0 atom stereocenters. The van der Waals surface area contributed by atoms with E-state index in [1.807, 2.05) is 61.5 Å². The number of rotatable bonds is 2. The average Bonchev–Trinajstić information content (AvgIpc) is 3.19. The third kappa shape index (κ3) is 3.37. The third-order valence-electron chi connectivity index (χ3n) is 4.34. The molecule has 1 aliphatic rings. The number of thioether (sulfide) groups is 1. The van der Waals surface area contributed by atoms with Gasteiger partial charge in [-0.2, -0.15) is 0 Å². The fraction of sp³-hybridized carbons (Fsp3) is 0.0500. The minimum absolute atomic E-state index is 0.0109. The van der Waals surface area contributed by atoms with Crippen molar-refractivity contribution in [2.45, 2.75) is 6.92 Å². The van der Waals surface area contributed by atoms with Gasteiger partial charge in [0.2, 0.25) is 5.88 Å². The first-order valence-electron chi connectivity index (χ1n) is 8.56. The predicted molar refractivity (Wildman–Crippen MR) is 121 cm³/mol. The van der Waals surface area contributed by atoms with Crippen molar-refractivity contribution in [2.24, 2.45) is 5.73 Å². The molecule has 4 N–H and O–H groups in total. The van der Waals surface area contributed by atoms with Gasteiger partial charge in [0.1, 0.15) is 14.1 Å². The molecule has 9 heteroatoms. The molecule has 29 heavy (non-hydrogen) atoms. The Bertz CT molecular complexity index is 1300. The minimum atomic E-state index is -0.454. The lowest BCUT2D eigenvalue weighted by Gasteiger charge is -2.14. The summed E-state index contributed by atoms with van der Waals surface area (Å²) >= 11 is 7.74. The number of anilines is 1. The van der Waals surface area contributed by atoms with Gasteiger partial charge in [0.15, 0.2) is 9.81 Å². The summed E-state index contributed by atoms with van der Waals surface area (Å²) < 4.78 is 2.71. The van der Waals surface area contributed by atoms with Crippen LogP contribution in [0.3, 0.4) is 0 Å². The van der Waals surface area contributed by atoms with E-state index in [9.17, 15) is 9.90 Å². The Morgan fingerprint density at radius 1 is 1.10 bits per heavy atom. The summed E-state index contributed by atoms with van der Waals surface area (Å²) in [4.78, 5) is 15.2. The molecule has 1 amide bonds. The van der Waals surface area contributed by atoms with Gasteiger partial charge in [0.05, 0.1) is 5.69 Å². The fourth-order valence-corrected chi connectivity index (χ4v) is 5.40. The van der Waals surface area contributed by atoms with Crippen molar-refractivity contribution >= 4 is 62.0 Å². The molecule has 146 valence electrons. The highest BCUT2D eigenvalue weighted by Crippen LogP contribution is 2.35. The summed E-state index contributed by atoms with van der Waals surface area (Å²) in [6.45, 7) is 1.97. The SMILES string of the molecule is Cc1ccc(N2C(=O)C(=c3s/c(=C(/N)O)c(=N)n3-c3ccccc3)SC2=S)cc1. The number of nitrogens with one attached hydrogen (secondary N) is 1. The second-order valence-corrected chi connectivity index (χ2v) is 8.96. The molecular formula is C20H16N4O2S3. The van der Waals surface area contributed by atoms with E-state index in [0.29, 0.717) is 25.3 Å². The number of hydrogen-bond acceptors (Lipinski definition) is 7. The number of aliphatic hydroxyl groups excluding tert-OH is 1. The lowest BCUT2D eigenvalue weighted by atomic mass is 10.2. The van der Waals surface area contributed by atoms with Crippen LogP contribution in [0, 0.1) is 12.3 Å². The molecule has 6 nitrogen and oxygen atoms in total. The maximum atomic E-state index is 13.3. The second kappa shape index (κ2) is 7.51. The molecule has 4 rings (SSSR count). The van der Waals surface area contributed by atoms with Gasteiger partial charge >= 0.3 is 0 Å². The lowest BCUT2D eigenvalue weighted by molar-refractivity contribution is -0.112. The molecule has 0 saturated carbocycles. The van der Waals surface area contributed by atoms with Crippen molar-refractivity contribution in [1.29, 1.82) is 5.41 Å². The van der Waals surface area contributed by atoms with Crippen LogP contribution in [0.15, 0.2) is 54.6 Å². The monoisotopic (exact) mass is 440 g/mol. The summed E-state index contributed by atoms with van der Waals surface area (Å²) in [6, 6.07) is 16.7. The number of para-hydroxylation sites is 1. The van der Waals surface area contributed by atoms with Crippen LogP contribution in [0.2, 0.25) is 0 Å². The summed E-state index contributed by atoms with van der Waals surface area (Å²) in [7, 11) is 0. The van der Waals surface area contributed by atoms with E-state index in [0.717, 1.165) is 16.9 Å². The smallest absolute Gasteiger partial charge is 0.273 e. The zero-order chi connectivity index (χ0) is 20.7. The van der Waals surface area contributed by atoms with Crippen LogP contribution in [0.25, 0.3) is 16.5 Å². The number of hydrogen-bond donors (Lipinski definition) is 3. The van der Waals surface area contributed by atoms with Crippen molar-refractivity contribution in [3.63, 3.8) is 0 Å². The van der Waals surface area contributed by atoms with Gasteiger partial charge < -0.3 is 10.8 Å². The maximum Gasteiger partial charge on any atom is 0.273 e. The van der Waals surface area contributed by atoms with E-state index in [1.54, 1.807) is 4.57 Å². The van der Waals surface area contributed by atoms with Gasteiger partial charge in [0.25, 0.3) is 5.91 Å². The Morgan fingerprint density at radius 3 is 2.38 bits per heavy atom. The van der Waals surface area contributed by atoms with Gasteiger partial charge in [0, 0.05) is 5.69 Å². The number of aryl methyl sites for hydroxylation is 1.